The summed E-state index contributed by atoms with van der Waals surface area (Å²) in [7, 11) is 2.29. The fourth-order valence-corrected chi connectivity index (χ4v) is 15.8. The van der Waals surface area contributed by atoms with Crippen molar-refractivity contribution in [3.63, 3.8) is 0 Å². The predicted molar refractivity (Wildman–Crippen MR) is 213 cm³/mol. The van der Waals surface area contributed by atoms with Gasteiger partial charge in [-0.15, -0.1) is 0 Å². The molecule has 1 saturated carbocycles. The average Bonchev–Trinajstić information content (AvgIpc) is 4.02. The van der Waals surface area contributed by atoms with Crippen LogP contribution >= 0.6 is 0 Å². The molecule has 18 rings (SSSR count). The van der Waals surface area contributed by atoms with Crippen LogP contribution in [0.25, 0.3) is 109 Å². The van der Waals surface area contributed by atoms with Gasteiger partial charge in [0.25, 0.3) is 0 Å². The Hall–Kier alpha value is -5.77. The molecule has 0 bridgehead atoms. The molecule has 11 aromatic rings. The van der Waals surface area contributed by atoms with Gasteiger partial charge in [0.1, 0.15) is 0 Å². The van der Waals surface area contributed by atoms with Gasteiger partial charge in [-0.3, -0.25) is 4.90 Å². The molecule has 7 aliphatic rings. The van der Waals surface area contributed by atoms with Crippen LogP contribution in [0.2, 0.25) is 0 Å². The van der Waals surface area contributed by atoms with Crippen LogP contribution in [0.5, 0.6) is 0 Å². The Morgan fingerprint density at radius 1 is 0.604 bits per heavy atom. The van der Waals surface area contributed by atoms with Crippen molar-refractivity contribution < 1.29 is 9.90 Å². The van der Waals surface area contributed by atoms with Gasteiger partial charge in [-0.05, 0) is 184 Å². The van der Waals surface area contributed by atoms with Gasteiger partial charge in [0.05, 0.1) is 11.6 Å². The van der Waals surface area contributed by atoms with E-state index in [1.807, 2.05) is 12.1 Å². The van der Waals surface area contributed by atoms with Crippen molar-refractivity contribution in [3.05, 3.63) is 116 Å². The van der Waals surface area contributed by atoms with Crippen LogP contribution in [0.4, 0.5) is 0 Å². The Morgan fingerprint density at radius 3 is 2.13 bits per heavy atom. The minimum atomic E-state index is -0.867. The van der Waals surface area contributed by atoms with Crippen molar-refractivity contribution in [3.8, 4) is 0 Å². The third-order valence-electron chi connectivity index (χ3n) is 16.9. The highest BCUT2D eigenvalue weighted by atomic mass is 16.4. The molecule has 0 aromatic heterocycles. The van der Waals surface area contributed by atoms with Crippen molar-refractivity contribution in [2.45, 2.75) is 30.3 Å². The van der Waals surface area contributed by atoms with Crippen LogP contribution in [0, 0.1) is 17.8 Å². The molecule has 3 nitrogen and oxygen atoms in total. The van der Waals surface area contributed by atoms with Crippen molar-refractivity contribution in [1.82, 2.24) is 4.90 Å². The second-order valence-electron chi connectivity index (χ2n) is 18.1. The van der Waals surface area contributed by atoms with Crippen LogP contribution in [-0.4, -0.2) is 23.0 Å². The highest BCUT2D eigenvalue weighted by Gasteiger charge is 2.60. The largest absolute Gasteiger partial charge is 0.478 e. The Bertz CT molecular complexity index is 3840. The van der Waals surface area contributed by atoms with Crippen molar-refractivity contribution in [2.75, 3.05) is 7.05 Å². The zero-order valence-electron chi connectivity index (χ0n) is 28.5. The van der Waals surface area contributed by atoms with Crippen LogP contribution in [-0.2, 0) is 6.54 Å². The number of carboxylic acids is 1. The molecule has 7 atom stereocenters. The average molecular weight is 672 g/mol. The third-order valence-corrected chi connectivity index (χ3v) is 16.9. The Labute approximate surface area is 300 Å². The van der Waals surface area contributed by atoms with Crippen molar-refractivity contribution in [2.24, 2.45) is 17.8 Å². The van der Waals surface area contributed by atoms with Crippen LogP contribution in [0.1, 0.15) is 73.1 Å². The van der Waals surface area contributed by atoms with Gasteiger partial charge in [0, 0.05) is 24.3 Å². The van der Waals surface area contributed by atoms with E-state index in [9.17, 15) is 9.90 Å². The van der Waals surface area contributed by atoms with E-state index in [-0.39, 0.29) is 6.04 Å². The summed E-state index contributed by atoms with van der Waals surface area (Å²) in [6.45, 7) is 0.894. The van der Waals surface area contributed by atoms with Gasteiger partial charge in [-0.2, -0.15) is 0 Å². The van der Waals surface area contributed by atoms with Gasteiger partial charge in [-0.25, -0.2) is 4.79 Å². The number of allylic oxidation sites excluding steroid dienone is 3. The molecule has 0 amide bonds. The molecule has 1 heterocycles. The fourth-order valence-electron chi connectivity index (χ4n) is 15.8. The standard InChI is InChI=1S/C50H25NO2/c1-51-14-25-26-23-12-10-21-19-8-6-17-18-7-9-20-22-11-13-24-34-32(22)40-30(20)28(18)38-27(17)29(19)39-31(21)33(23)41-37(26)43(42(34)48-46(40)44(38)45(39)47(41)48)35(24)36(25)49(51)15-2-4-16(5-3-15)50(52)53/h2-13,20,22,24,30,32,34,49H,14H2,1H3,(H,52,53). The summed E-state index contributed by atoms with van der Waals surface area (Å²) < 4.78 is 0. The lowest BCUT2D eigenvalue weighted by Gasteiger charge is -2.38. The molecule has 7 unspecified atom stereocenters. The lowest BCUT2D eigenvalue weighted by atomic mass is 9.65. The first-order chi connectivity index (χ1) is 26.1. The first-order valence-electron chi connectivity index (χ1n) is 19.6. The Balaban J connectivity index is 1.19. The van der Waals surface area contributed by atoms with Gasteiger partial charge < -0.3 is 5.11 Å². The zero-order valence-corrected chi connectivity index (χ0v) is 28.5. The van der Waals surface area contributed by atoms with E-state index in [0.717, 1.165) is 6.54 Å². The molecule has 0 radical (unpaired) electrons. The monoisotopic (exact) mass is 671 g/mol. The van der Waals surface area contributed by atoms with E-state index in [1.165, 1.54) is 65.3 Å². The summed E-state index contributed by atoms with van der Waals surface area (Å²) in [5, 5.41) is 39.3. The maximum Gasteiger partial charge on any atom is 0.335 e. The highest BCUT2D eigenvalue weighted by Crippen LogP contribution is 2.74. The molecule has 1 aliphatic heterocycles. The lowest BCUT2D eigenvalue weighted by Crippen LogP contribution is -2.31. The second kappa shape index (κ2) is 6.77. The Kier molecular flexibility index (Phi) is 3.12. The SMILES string of the molecule is CN1Cc2c(c3c4c5c6c7c8c9c%10c(c%11ccc%12c%13ccc%14c2c4c2c6c8c(c%12c%119)c%13c%142)C=CC2C%10C=7C4C2C=CC3C54)C1c1ccc(C(=O)O)cc1. The number of hydrogen-bond acceptors (Lipinski definition) is 2. The zero-order chi connectivity index (χ0) is 33.6. The first kappa shape index (κ1) is 24.5. The molecule has 0 spiro atoms. The normalized spacial score (nSPS) is 28.5. The minimum Gasteiger partial charge on any atom is -0.478 e. The van der Waals surface area contributed by atoms with E-state index in [1.54, 1.807) is 81.3 Å². The van der Waals surface area contributed by atoms with E-state index in [0.29, 0.717) is 41.1 Å². The number of fused-ring (bicyclic) bond motifs is 8. The lowest BCUT2D eigenvalue weighted by molar-refractivity contribution is 0.0697. The second-order valence-corrected chi connectivity index (χ2v) is 18.1. The Morgan fingerprint density at radius 2 is 1.30 bits per heavy atom. The highest BCUT2D eigenvalue weighted by molar-refractivity contribution is 6.59. The van der Waals surface area contributed by atoms with Crippen LogP contribution in [0.3, 0.4) is 0 Å². The van der Waals surface area contributed by atoms with Gasteiger partial charge in [0.15, 0.2) is 0 Å². The van der Waals surface area contributed by atoms with Crippen molar-refractivity contribution in [1.29, 1.82) is 0 Å². The number of rotatable bonds is 2. The van der Waals surface area contributed by atoms with Crippen LogP contribution in [0.15, 0.2) is 66.8 Å². The number of carboxylic acid groups (broad SMARTS) is 1. The predicted octanol–water partition coefficient (Wildman–Crippen LogP) is 10.5. The molecular weight excluding hydrogens is 647 g/mol. The molecule has 3 heteroatoms. The quantitative estimate of drug-likeness (QED) is 0.147. The van der Waals surface area contributed by atoms with Crippen LogP contribution < -0.4 is 5.22 Å². The summed E-state index contributed by atoms with van der Waals surface area (Å²) in [6, 6.07) is 17.8. The van der Waals surface area contributed by atoms with E-state index in [4.69, 9.17) is 0 Å². The number of benzene rings is 7. The first-order valence-corrected chi connectivity index (χ1v) is 19.6. The summed E-state index contributed by atoms with van der Waals surface area (Å²) in [5.74, 6) is 1.98. The molecule has 0 saturated heterocycles. The molecule has 1 fully saturated rings. The van der Waals surface area contributed by atoms with E-state index < -0.39 is 5.97 Å². The van der Waals surface area contributed by atoms with E-state index in [2.05, 4.69) is 72.6 Å². The maximum absolute atomic E-state index is 11.9. The summed E-state index contributed by atoms with van der Waals surface area (Å²) >= 11 is 0. The molecule has 6 aliphatic carbocycles. The number of aromatic carboxylic acids is 1. The van der Waals surface area contributed by atoms with E-state index >= 15 is 0 Å². The molecule has 1 N–H and O–H groups in total. The topological polar surface area (TPSA) is 40.5 Å². The number of hydrogen-bond donors (Lipinski definition) is 1. The molecular formula is C50H25NO2. The minimum absolute atomic E-state index is 0.0806. The smallest absolute Gasteiger partial charge is 0.335 e. The third kappa shape index (κ3) is 1.93. The van der Waals surface area contributed by atoms with Gasteiger partial charge >= 0.3 is 5.97 Å². The van der Waals surface area contributed by atoms with Crippen molar-refractivity contribution >= 4 is 115 Å². The number of nitrogens with zero attached hydrogens (tertiary/aromatic N) is 1. The molecule has 53 heavy (non-hydrogen) atoms. The fraction of sp³-hybridized carbons (Fsp3) is 0.180. The maximum atomic E-state index is 11.9. The summed E-state index contributed by atoms with van der Waals surface area (Å²) in [5.41, 5.74) is 12.8. The molecule has 11 aromatic carbocycles. The van der Waals surface area contributed by atoms with Gasteiger partial charge in [0.2, 0.25) is 0 Å². The molecule has 242 valence electrons. The van der Waals surface area contributed by atoms with Gasteiger partial charge in [-0.1, -0.05) is 60.7 Å². The number of carbonyl (C=O) groups is 1. The summed E-state index contributed by atoms with van der Waals surface area (Å²) in [6.07, 6.45) is 10.6. The summed E-state index contributed by atoms with van der Waals surface area (Å²) in [4.78, 5) is 14.5.